The van der Waals surface area contributed by atoms with Crippen LogP contribution in [0.2, 0.25) is 0 Å². The van der Waals surface area contributed by atoms with Crippen LogP contribution in [0.4, 0.5) is 0 Å². The minimum absolute atomic E-state index is 0.0653. The first-order chi connectivity index (χ1) is 14.2. The van der Waals surface area contributed by atoms with Crippen molar-refractivity contribution in [2.24, 2.45) is 0 Å². The van der Waals surface area contributed by atoms with Crippen LogP contribution in [0, 0.1) is 0 Å². The fourth-order valence-corrected chi connectivity index (χ4v) is 3.76. The molecule has 2 aromatic carbocycles. The van der Waals surface area contributed by atoms with Gasteiger partial charge in [0.05, 0.1) is 0 Å². The van der Waals surface area contributed by atoms with Gasteiger partial charge in [-0.05, 0) is 30.8 Å². The molecule has 1 unspecified atom stereocenters. The number of fused-ring (bicyclic) bond motifs is 1. The Labute approximate surface area is 168 Å². The quantitative estimate of drug-likeness (QED) is 0.685. The number of carbonyl (C=O) groups excluding carboxylic acids is 1. The third-order valence-corrected chi connectivity index (χ3v) is 5.54. The van der Waals surface area contributed by atoms with E-state index >= 15 is 0 Å². The zero-order valence-corrected chi connectivity index (χ0v) is 16.2. The van der Waals surface area contributed by atoms with E-state index in [1.165, 1.54) is 0 Å². The lowest BCUT2D eigenvalue weighted by Gasteiger charge is -2.32. The van der Waals surface area contributed by atoms with Gasteiger partial charge in [-0.3, -0.25) is 4.79 Å². The SMILES string of the molecule is CN1CCN(C(=O)c2ccc(-c3noc(C4Cc5ccccc5O4)n3)cc2)CC1. The van der Waals surface area contributed by atoms with Crippen LogP contribution in [0.25, 0.3) is 11.4 Å². The summed E-state index contributed by atoms with van der Waals surface area (Å²) in [6.45, 7) is 3.33. The molecule has 0 aliphatic carbocycles. The maximum atomic E-state index is 12.7. The maximum absolute atomic E-state index is 12.7. The topological polar surface area (TPSA) is 71.7 Å². The second-order valence-corrected chi connectivity index (χ2v) is 7.55. The van der Waals surface area contributed by atoms with Crippen molar-refractivity contribution in [1.82, 2.24) is 19.9 Å². The van der Waals surface area contributed by atoms with E-state index in [4.69, 9.17) is 9.26 Å². The summed E-state index contributed by atoms with van der Waals surface area (Å²) in [5.74, 6) is 1.89. The number of likely N-dealkylation sites (N-methyl/N-ethyl adjacent to an activating group) is 1. The highest BCUT2D eigenvalue weighted by Gasteiger charge is 2.29. The molecule has 7 heteroatoms. The Morgan fingerprint density at radius 1 is 1.03 bits per heavy atom. The first kappa shape index (κ1) is 17.9. The molecule has 7 nitrogen and oxygen atoms in total. The molecule has 0 spiro atoms. The number of ether oxygens (including phenoxy) is 1. The smallest absolute Gasteiger partial charge is 0.268 e. The van der Waals surface area contributed by atoms with Gasteiger partial charge < -0.3 is 19.1 Å². The van der Waals surface area contributed by atoms with Gasteiger partial charge in [-0.2, -0.15) is 4.98 Å². The average molecular weight is 390 g/mol. The predicted molar refractivity (Wildman–Crippen MR) is 107 cm³/mol. The van der Waals surface area contributed by atoms with Gasteiger partial charge in [0.1, 0.15) is 5.75 Å². The van der Waals surface area contributed by atoms with Gasteiger partial charge in [-0.1, -0.05) is 35.5 Å². The molecular weight excluding hydrogens is 368 g/mol. The van der Waals surface area contributed by atoms with Crippen molar-refractivity contribution in [2.45, 2.75) is 12.5 Å². The fraction of sp³-hybridized carbons (Fsp3) is 0.318. The van der Waals surface area contributed by atoms with Crippen molar-refractivity contribution in [3.8, 4) is 17.1 Å². The molecule has 2 aliphatic rings. The number of hydrogen-bond acceptors (Lipinski definition) is 6. The van der Waals surface area contributed by atoms with Gasteiger partial charge in [0.15, 0.2) is 6.10 Å². The molecule has 3 heterocycles. The number of nitrogens with zero attached hydrogens (tertiary/aromatic N) is 4. The molecule has 5 rings (SSSR count). The third kappa shape index (κ3) is 3.49. The highest BCUT2D eigenvalue weighted by molar-refractivity contribution is 5.94. The van der Waals surface area contributed by atoms with Crippen LogP contribution >= 0.6 is 0 Å². The van der Waals surface area contributed by atoms with Crippen LogP contribution in [0.5, 0.6) is 5.75 Å². The number of carbonyl (C=O) groups is 1. The van der Waals surface area contributed by atoms with Gasteiger partial charge in [0.2, 0.25) is 5.82 Å². The normalized spacial score (nSPS) is 19.1. The Kier molecular flexibility index (Phi) is 4.52. The highest BCUT2D eigenvalue weighted by Crippen LogP contribution is 2.36. The molecule has 1 saturated heterocycles. The average Bonchev–Trinajstić information content (AvgIpc) is 3.41. The third-order valence-electron chi connectivity index (χ3n) is 5.54. The van der Waals surface area contributed by atoms with Crippen molar-refractivity contribution >= 4 is 5.91 Å². The second kappa shape index (κ2) is 7.33. The van der Waals surface area contributed by atoms with Crippen molar-refractivity contribution in [3.05, 3.63) is 65.5 Å². The molecule has 0 bridgehead atoms. The summed E-state index contributed by atoms with van der Waals surface area (Å²) in [6.07, 6.45) is 0.461. The molecule has 0 N–H and O–H groups in total. The number of benzene rings is 2. The first-order valence-corrected chi connectivity index (χ1v) is 9.84. The fourth-order valence-electron chi connectivity index (χ4n) is 3.76. The minimum atomic E-state index is -0.258. The van der Waals surface area contributed by atoms with Gasteiger partial charge >= 0.3 is 0 Å². The first-order valence-electron chi connectivity index (χ1n) is 9.84. The lowest BCUT2D eigenvalue weighted by Crippen LogP contribution is -2.47. The summed E-state index contributed by atoms with van der Waals surface area (Å²) in [5.41, 5.74) is 2.63. The van der Waals surface area contributed by atoms with Gasteiger partial charge in [-0.25, -0.2) is 0 Å². The van der Waals surface area contributed by atoms with Crippen LogP contribution in [0.1, 0.15) is 27.9 Å². The van der Waals surface area contributed by atoms with E-state index in [1.807, 2.05) is 53.4 Å². The minimum Gasteiger partial charge on any atom is -0.480 e. The van der Waals surface area contributed by atoms with E-state index < -0.39 is 0 Å². The summed E-state index contributed by atoms with van der Waals surface area (Å²) in [6, 6.07) is 15.3. The van der Waals surface area contributed by atoms with Crippen molar-refractivity contribution in [2.75, 3.05) is 33.2 Å². The monoisotopic (exact) mass is 390 g/mol. The summed E-state index contributed by atoms with van der Waals surface area (Å²) in [7, 11) is 2.07. The molecule has 0 saturated carbocycles. The summed E-state index contributed by atoms with van der Waals surface area (Å²) < 4.78 is 11.4. The van der Waals surface area contributed by atoms with E-state index in [1.54, 1.807) is 0 Å². The Balaban J connectivity index is 1.28. The Morgan fingerprint density at radius 2 is 1.79 bits per heavy atom. The number of hydrogen-bond donors (Lipinski definition) is 0. The lowest BCUT2D eigenvalue weighted by molar-refractivity contribution is 0.0664. The van der Waals surface area contributed by atoms with Gasteiger partial charge in [0.25, 0.3) is 11.8 Å². The molecule has 1 amide bonds. The second-order valence-electron chi connectivity index (χ2n) is 7.55. The van der Waals surface area contributed by atoms with E-state index in [2.05, 4.69) is 22.1 Å². The van der Waals surface area contributed by atoms with Gasteiger partial charge in [0, 0.05) is 43.7 Å². The molecule has 1 aromatic heterocycles. The van der Waals surface area contributed by atoms with Crippen LogP contribution in [0.3, 0.4) is 0 Å². The molecule has 0 radical (unpaired) electrons. The van der Waals surface area contributed by atoms with Crippen LogP contribution in [0.15, 0.2) is 53.1 Å². The van der Waals surface area contributed by atoms with Crippen molar-refractivity contribution in [1.29, 1.82) is 0 Å². The van der Waals surface area contributed by atoms with E-state index in [9.17, 15) is 4.79 Å². The Hall–Kier alpha value is -3.19. The zero-order valence-electron chi connectivity index (χ0n) is 16.2. The van der Waals surface area contributed by atoms with Crippen molar-refractivity contribution < 1.29 is 14.1 Å². The lowest BCUT2D eigenvalue weighted by atomic mass is 10.1. The molecular formula is C22H22N4O3. The molecule has 29 heavy (non-hydrogen) atoms. The molecule has 1 fully saturated rings. The van der Waals surface area contributed by atoms with Crippen LogP contribution in [-0.4, -0.2) is 59.1 Å². The number of piperazine rings is 1. The van der Waals surface area contributed by atoms with Gasteiger partial charge in [-0.15, -0.1) is 0 Å². The molecule has 148 valence electrons. The number of para-hydroxylation sites is 1. The number of aromatic nitrogens is 2. The molecule has 1 atom stereocenters. The standard InChI is InChI=1S/C22H22N4O3/c1-25-10-12-26(13-11-25)22(27)16-8-6-15(7-9-16)20-23-21(29-24-20)19-14-17-4-2-3-5-18(17)28-19/h2-9,19H,10-14H2,1H3. The maximum Gasteiger partial charge on any atom is 0.268 e. The van der Waals surface area contributed by atoms with E-state index in [0.29, 0.717) is 17.3 Å². The molecule has 3 aromatic rings. The Bertz CT molecular complexity index is 998. The van der Waals surface area contributed by atoms with Crippen LogP contribution in [-0.2, 0) is 6.42 Å². The number of rotatable bonds is 3. The number of amides is 1. The summed E-state index contributed by atoms with van der Waals surface area (Å²) in [4.78, 5) is 21.3. The molecule has 2 aliphatic heterocycles. The summed E-state index contributed by atoms with van der Waals surface area (Å²) in [5, 5.41) is 4.10. The largest absolute Gasteiger partial charge is 0.480 e. The summed E-state index contributed by atoms with van der Waals surface area (Å²) >= 11 is 0. The Morgan fingerprint density at radius 3 is 2.55 bits per heavy atom. The predicted octanol–water partition coefficient (Wildman–Crippen LogP) is 2.80. The highest BCUT2D eigenvalue weighted by atomic mass is 16.5. The van der Waals surface area contributed by atoms with Crippen molar-refractivity contribution in [3.63, 3.8) is 0 Å². The van der Waals surface area contributed by atoms with E-state index in [0.717, 1.165) is 49.5 Å². The van der Waals surface area contributed by atoms with E-state index in [-0.39, 0.29) is 12.0 Å². The zero-order chi connectivity index (χ0) is 19.8. The van der Waals surface area contributed by atoms with Crippen LogP contribution < -0.4 is 4.74 Å².